The van der Waals surface area contributed by atoms with Crippen LogP contribution in [0.25, 0.3) is 5.57 Å². The van der Waals surface area contributed by atoms with Gasteiger partial charge >= 0.3 is 0 Å². The van der Waals surface area contributed by atoms with Crippen molar-refractivity contribution < 1.29 is 18.4 Å². The van der Waals surface area contributed by atoms with E-state index in [4.69, 9.17) is 5.73 Å². The summed E-state index contributed by atoms with van der Waals surface area (Å²) in [6.07, 6.45) is 3.47. The lowest BCUT2D eigenvalue weighted by Gasteiger charge is -2.31. The predicted molar refractivity (Wildman–Crippen MR) is 118 cm³/mol. The molecule has 2 aliphatic rings. The molecule has 3 N–H and O–H groups in total. The molecular weight excluding hydrogens is 412 g/mol. The summed E-state index contributed by atoms with van der Waals surface area (Å²) in [4.78, 5) is 27.8. The molecule has 1 saturated carbocycles. The number of carbonyl (C=O) groups is 2. The third kappa shape index (κ3) is 4.58. The highest BCUT2D eigenvalue weighted by Crippen LogP contribution is 2.39. The summed E-state index contributed by atoms with van der Waals surface area (Å²) in [5.74, 6) is -1.70. The Morgan fingerprint density at radius 1 is 1.12 bits per heavy atom. The van der Waals surface area contributed by atoms with Crippen molar-refractivity contribution >= 4 is 17.4 Å². The third-order valence-corrected chi connectivity index (χ3v) is 5.97. The van der Waals surface area contributed by atoms with Gasteiger partial charge in [0.25, 0.3) is 0 Å². The standard InChI is InChI=1S/C25H27F2N3O2/c1-25(2,28)24(32)29-22(16-8-9-16)23(31)30-14-17(19-13-18(26)10-11-20(19)27)12-21(30)15-6-4-3-5-7-15/h3-7,10-13,16,21-22H,8-9,14,28H2,1-2H3,(H,29,32)/t21-,22-/m0/s1. The average molecular weight is 440 g/mol. The largest absolute Gasteiger partial charge is 0.342 e. The molecule has 4 rings (SSSR count). The third-order valence-electron chi connectivity index (χ3n) is 5.97. The second-order valence-corrected chi connectivity index (χ2v) is 9.15. The lowest BCUT2D eigenvalue weighted by atomic mass is 10.0. The van der Waals surface area contributed by atoms with Crippen LogP contribution in [0.2, 0.25) is 0 Å². The molecule has 0 aromatic heterocycles. The van der Waals surface area contributed by atoms with E-state index in [9.17, 15) is 18.4 Å². The van der Waals surface area contributed by atoms with Crippen LogP contribution in [-0.2, 0) is 9.59 Å². The molecule has 1 aliphatic carbocycles. The van der Waals surface area contributed by atoms with Crippen molar-refractivity contribution in [3.05, 3.63) is 77.4 Å². The van der Waals surface area contributed by atoms with Crippen LogP contribution in [0, 0.1) is 17.6 Å². The fraction of sp³-hybridized carbons (Fsp3) is 0.360. The molecule has 2 aromatic rings. The van der Waals surface area contributed by atoms with Crippen molar-refractivity contribution in [3.8, 4) is 0 Å². The second-order valence-electron chi connectivity index (χ2n) is 9.15. The van der Waals surface area contributed by atoms with E-state index in [2.05, 4.69) is 5.32 Å². The summed E-state index contributed by atoms with van der Waals surface area (Å²) in [5.41, 5.74) is 6.33. The Morgan fingerprint density at radius 3 is 2.44 bits per heavy atom. The fourth-order valence-electron chi connectivity index (χ4n) is 3.99. The number of amides is 2. The molecule has 1 heterocycles. The number of nitrogens with zero attached hydrogens (tertiary/aromatic N) is 1. The minimum absolute atomic E-state index is 0.0418. The Hall–Kier alpha value is -3.06. The second kappa shape index (κ2) is 8.47. The van der Waals surface area contributed by atoms with Gasteiger partial charge in [-0.15, -0.1) is 0 Å². The van der Waals surface area contributed by atoms with Crippen molar-refractivity contribution in [1.82, 2.24) is 10.2 Å². The van der Waals surface area contributed by atoms with Crippen LogP contribution in [-0.4, -0.2) is 34.8 Å². The van der Waals surface area contributed by atoms with Gasteiger partial charge in [0.1, 0.15) is 17.7 Å². The van der Waals surface area contributed by atoms with Gasteiger partial charge < -0.3 is 16.0 Å². The number of benzene rings is 2. The zero-order valence-corrected chi connectivity index (χ0v) is 18.1. The molecule has 0 radical (unpaired) electrons. The van der Waals surface area contributed by atoms with Crippen molar-refractivity contribution in [1.29, 1.82) is 0 Å². The molecule has 0 unspecified atom stereocenters. The molecule has 1 fully saturated rings. The Labute approximate surface area is 186 Å². The minimum Gasteiger partial charge on any atom is -0.342 e. The highest BCUT2D eigenvalue weighted by molar-refractivity contribution is 5.93. The number of nitrogens with two attached hydrogens (primary N) is 1. The Morgan fingerprint density at radius 2 is 1.81 bits per heavy atom. The summed E-state index contributed by atoms with van der Waals surface area (Å²) in [7, 11) is 0. The van der Waals surface area contributed by atoms with E-state index < -0.39 is 35.2 Å². The fourth-order valence-corrected chi connectivity index (χ4v) is 3.99. The van der Waals surface area contributed by atoms with E-state index in [1.165, 1.54) is 0 Å². The first-order valence-corrected chi connectivity index (χ1v) is 10.8. The zero-order valence-electron chi connectivity index (χ0n) is 18.1. The number of nitrogens with one attached hydrogen (secondary N) is 1. The maximum absolute atomic E-state index is 14.5. The van der Waals surface area contributed by atoms with Crippen LogP contribution in [0.4, 0.5) is 8.78 Å². The van der Waals surface area contributed by atoms with Gasteiger partial charge in [0.2, 0.25) is 11.8 Å². The van der Waals surface area contributed by atoms with Gasteiger partial charge in [-0.3, -0.25) is 9.59 Å². The minimum atomic E-state index is -1.12. The van der Waals surface area contributed by atoms with E-state index in [0.29, 0.717) is 5.57 Å². The summed E-state index contributed by atoms with van der Waals surface area (Å²) in [6, 6.07) is 11.5. The van der Waals surface area contributed by atoms with Gasteiger partial charge in [-0.2, -0.15) is 0 Å². The number of hydrogen-bond acceptors (Lipinski definition) is 3. The van der Waals surface area contributed by atoms with Gasteiger partial charge in [0.15, 0.2) is 0 Å². The number of carbonyl (C=O) groups excluding carboxylic acids is 2. The number of hydrogen-bond donors (Lipinski definition) is 2. The molecule has 0 spiro atoms. The summed E-state index contributed by atoms with van der Waals surface area (Å²) in [6.45, 7) is 3.29. The molecule has 2 aromatic carbocycles. The van der Waals surface area contributed by atoms with E-state index >= 15 is 0 Å². The maximum atomic E-state index is 14.5. The molecule has 1 aliphatic heterocycles. The summed E-state index contributed by atoms with van der Waals surface area (Å²) >= 11 is 0. The first kappa shape index (κ1) is 22.1. The Balaban J connectivity index is 1.67. The van der Waals surface area contributed by atoms with E-state index in [-0.39, 0.29) is 23.9 Å². The number of rotatable bonds is 6. The molecule has 32 heavy (non-hydrogen) atoms. The SMILES string of the molecule is CC(C)(N)C(=O)N[C@H](C(=O)N1CC(c2cc(F)ccc2F)=C[C@H]1c1ccccc1)C1CC1. The monoisotopic (exact) mass is 439 g/mol. The topological polar surface area (TPSA) is 75.4 Å². The van der Waals surface area contributed by atoms with Gasteiger partial charge in [0, 0.05) is 12.1 Å². The number of halogens is 2. The van der Waals surface area contributed by atoms with Crippen LogP contribution in [0.3, 0.4) is 0 Å². The first-order valence-electron chi connectivity index (χ1n) is 10.8. The van der Waals surface area contributed by atoms with Crippen LogP contribution in [0.15, 0.2) is 54.6 Å². The molecule has 2 atom stereocenters. The maximum Gasteiger partial charge on any atom is 0.246 e. The average Bonchev–Trinajstić information content (AvgIpc) is 3.50. The van der Waals surface area contributed by atoms with Crippen molar-refractivity contribution in [2.75, 3.05) is 6.54 Å². The van der Waals surface area contributed by atoms with Gasteiger partial charge in [-0.25, -0.2) is 8.78 Å². The molecular formula is C25H27F2N3O2. The van der Waals surface area contributed by atoms with Gasteiger partial charge in [-0.1, -0.05) is 36.4 Å². The lowest BCUT2D eigenvalue weighted by molar-refractivity contribution is -0.138. The Bertz CT molecular complexity index is 1060. The van der Waals surface area contributed by atoms with Gasteiger partial charge in [0.05, 0.1) is 11.6 Å². The van der Waals surface area contributed by atoms with E-state index in [0.717, 1.165) is 36.6 Å². The zero-order chi connectivity index (χ0) is 23.0. The van der Waals surface area contributed by atoms with Crippen LogP contribution < -0.4 is 11.1 Å². The molecule has 168 valence electrons. The van der Waals surface area contributed by atoms with E-state index in [1.54, 1.807) is 24.8 Å². The first-order chi connectivity index (χ1) is 15.1. The molecule has 5 nitrogen and oxygen atoms in total. The van der Waals surface area contributed by atoms with Crippen LogP contribution in [0.1, 0.15) is 43.9 Å². The highest BCUT2D eigenvalue weighted by Gasteiger charge is 2.43. The molecule has 0 saturated heterocycles. The molecule has 2 amide bonds. The predicted octanol–water partition coefficient (Wildman–Crippen LogP) is 3.56. The summed E-state index contributed by atoms with van der Waals surface area (Å²) in [5, 5.41) is 2.83. The lowest BCUT2D eigenvalue weighted by Crippen LogP contribution is -2.57. The van der Waals surface area contributed by atoms with Crippen molar-refractivity contribution in [2.45, 2.75) is 44.3 Å². The van der Waals surface area contributed by atoms with Crippen molar-refractivity contribution in [3.63, 3.8) is 0 Å². The van der Waals surface area contributed by atoms with Gasteiger partial charge in [-0.05, 0) is 61.9 Å². The van der Waals surface area contributed by atoms with Crippen molar-refractivity contribution in [2.24, 2.45) is 11.7 Å². The Kier molecular flexibility index (Phi) is 5.86. The smallest absolute Gasteiger partial charge is 0.246 e. The van der Waals surface area contributed by atoms with Crippen LogP contribution >= 0.6 is 0 Å². The molecule has 7 heteroatoms. The van der Waals surface area contributed by atoms with E-state index in [1.807, 2.05) is 30.3 Å². The summed E-state index contributed by atoms with van der Waals surface area (Å²) < 4.78 is 28.3. The highest BCUT2D eigenvalue weighted by atomic mass is 19.1. The normalized spacial score (nSPS) is 19.5. The molecule has 0 bridgehead atoms. The van der Waals surface area contributed by atoms with Crippen LogP contribution in [0.5, 0.6) is 0 Å². The quantitative estimate of drug-likeness (QED) is 0.723.